The summed E-state index contributed by atoms with van der Waals surface area (Å²) in [5.41, 5.74) is 6.40. The molecular formula is C16H30N2O. The number of rotatable bonds is 5. The van der Waals surface area contributed by atoms with Crippen LogP contribution in [0.2, 0.25) is 0 Å². The second kappa shape index (κ2) is 5.43. The molecule has 2 atom stereocenters. The van der Waals surface area contributed by atoms with E-state index in [-0.39, 0.29) is 17.4 Å². The van der Waals surface area contributed by atoms with Gasteiger partial charge in [-0.25, -0.2) is 0 Å². The molecular weight excluding hydrogens is 236 g/mol. The number of nitrogens with two attached hydrogens (primary N) is 1. The molecule has 2 aliphatic carbocycles. The molecule has 3 N–H and O–H groups in total. The molecule has 0 aromatic rings. The summed E-state index contributed by atoms with van der Waals surface area (Å²) in [4.78, 5) is 12.4. The van der Waals surface area contributed by atoms with E-state index in [2.05, 4.69) is 19.2 Å². The molecule has 2 rings (SSSR count). The van der Waals surface area contributed by atoms with Crippen LogP contribution in [-0.2, 0) is 4.79 Å². The highest BCUT2D eigenvalue weighted by molar-refractivity contribution is 5.80. The fourth-order valence-electron chi connectivity index (χ4n) is 3.68. The predicted molar refractivity (Wildman–Crippen MR) is 78.7 cm³/mol. The molecule has 2 aliphatic rings. The quantitative estimate of drug-likeness (QED) is 0.804. The van der Waals surface area contributed by atoms with Crippen LogP contribution in [0.5, 0.6) is 0 Å². The van der Waals surface area contributed by atoms with Crippen molar-refractivity contribution in [1.82, 2.24) is 5.32 Å². The van der Waals surface area contributed by atoms with Crippen molar-refractivity contribution in [2.45, 2.75) is 71.3 Å². The minimum atomic E-state index is -0.308. The third-order valence-electron chi connectivity index (χ3n) is 5.01. The Balaban J connectivity index is 1.84. The van der Waals surface area contributed by atoms with Crippen LogP contribution in [0, 0.1) is 17.3 Å². The van der Waals surface area contributed by atoms with E-state index < -0.39 is 0 Å². The summed E-state index contributed by atoms with van der Waals surface area (Å²) in [6.45, 7) is 7.42. The highest BCUT2D eigenvalue weighted by Crippen LogP contribution is 2.50. The normalized spacial score (nSPS) is 33.2. The smallest absolute Gasteiger partial charge is 0.224 e. The Labute approximate surface area is 117 Å². The first kappa shape index (κ1) is 14.8. The predicted octanol–water partition coefficient (Wildman–Crippen LogP) is 2.84. The van der Waals surface area contributed by atoms with E-state index in [0.717, 1.165) is 32.2 Å². The van der Waals surface area contributed by atoms with Crippen LogP contribution in [-0.4, -0.2) is 18.0 Å². The van der Waals surface area contributed by atoms with Crippen LogP contribution in [0.25, 0.3) is 0 Å². The van der Waals surface area contributed by atoms with Gasteiger partial charge in [-0.15, -0.1) is 0 Å². The maximum Gasteiger partial charge on any atom is 0.224 e. The van der Waals surface area contributed by atoms with Crippen LogP contribution in [0.3, 0.4) is 0 Å². The Hall–Kier alpha value is -0.570. The van der Waals surface area contributed by atoms with Crippen molar-refractivity contribution in [3.63, 3.8) is 0 Å². The van der Waals surface area contributed by atoms with Gasteiger partial charge in [-0.3, -0.25) is 4.79 Å². The Bertz CT molecular complexity index is 332. The summed E-state index contributed by atoms with van der Waals surface area (Å²) in [6, 6.07) is 0. The van der Waals surface area contributed by atoms with Crippen molar-refractivity contribution in [2.24, 2.45) is 23.0 Å². The molecule has 0 heterocycles. The molecule has 19 heavy (non-hydrogen) atoms. The number of carbonyl (C=O) groups is 1. The molecule has 0 aliphatic heterocycles. The summed E-state index contributed by atoms with van der Waals surface area (Å²) in [6.07, 6.45) is 8.01. The van der Waals surface area contributed by atoms with E-state index >= 15 is 0 Å². The number of carbonyl (C=O) groups excluding carboxylic acids is 1. The van der Waals surface area contributed by atoms with Gasteiger partial charge >= 0.3 is 0 Å². The molecule has 3 nitrogen and oxygen atoms in total. The molecule has 0 spiro atoms. The standard InChI is InChI=1S/C16H30N2O/c1-12(2)10-16(8-9-16)11-18-14(19)13-6-4-5-7-15(13,3)17/h12-13H,4-11,17H2,1-3H3,(H,18,19). The second-order valence-electron chi connectivity index (χ2n) is 7.62. The third kappa shape index (κ3) is 3.71. The fraction of sp³-hybridized carbons (Fsp3) is 0.938. The Kier molecular flexibility index (Phi) is 4.24. The summed E-state index contributed by atoms with van der Waals surface area (Å²) in [5, 5.41) is 3.20. The summed E-state index contributed by atoms with van der Waals surface area (Å²) >= 11 is 0. The second-order valence-corrected chi connectivity index (χ2v) is 7.62. The van der Waals surface area contributed by atoms with E-state index in [1.807, 2.05) is 6.92 Å². The fourth-order valence-corrected chi connectivity index (χ4v) is 3.68. The van der Waals surface area contributed by atoms with Gasteiger partial charge in [0.2, 0.25) is 5.91 Å². The van der Waals surface area contributed by atoms with Gasteiger partial charge in [0.1, 0.15) is 0 Å². The average Bonchev–Trinajstić information content (AvgIpc) is 3.05. The van der Waals surface area contributed by atoms with E-state index in [1.165, 1.54) is 19.3 Å². The zero-order valence-electron chi connectivity index (χ0n) is 12.8. The number of hydrogen-bond acceptors (Lipinski definition) is 2. The molecule has 1 amide bonds. The SMILES string of the molecule is CC(C)CC1(CNC(=O)C2CCCCC2(C)N)CC1. The molecule has 3 heteroatoms. The van der Waals surface area contributed by atoms with Crippen LogP contribution >= 0.6 is 0 Å². The van der Waals surface area contributed by atoms with Crippen molar-refractivity contribution in [3.8, 4) is 0 Å². The van der Waals surface area contributed by atoms with Gasteiger partial charge in [-0.05, 0) is 50.4 Å². The highest BCUT2D eigenvalue weighted by Gasteiger charge is 2.44. The van der Waals surface area contributed by atoms with Crippen LogP contribution in [0.4, 0.5) is 0 Å². The molecule has 110 valence electrons. The molecule has 2 fully saturated rings. The summed E-state index contributed by atoms with van der Waals surface area (Å²) in [5.74, 6) is 0.921. The van der Waals surface area contributed by atoms with E-state index in [1.54, 1.807) is 0 Å². The lowest BCUT2D eigenvalue weighted by atomic mass is 9.74. The first-order valence-electron chi connectivity index (χ1n) is 7.91. The molecule has 0 aromatic carbocycles. The number of nitrogens with one attached hydrogen (secondary N) is 1. The lowest BCUT2D eigenvalue weighted by Gasteiger charge is -2.37. The molecule has 0 saturated heterocycles. The molecule has 2 saturated carbocycles. The molecule has 0 aromatic heterocycles. The van der Waals surface area contributed by atoms with Gasteiger partial charge in [0.15, 0.2) is 0 Å². The van der Waals surface area contributed by atoms with Gasteiger partial charge in [0.25, 0.3) is 0 Å². The molecule has 0 bridgehead atoms. The molecule has 2 unspecified atom stereocenters. The molecule has 0 radical (unpaired) electrons. The van der Waals surface area contributed by atoms with Crippen molar-refractivity contribution in [2.75, 3.05) is 6.54 Å². The van der Waals surface area contributed by atoms with Gasteiger partial charge in [0, 0.05) is 12.1 Å². The van der Waals surface area contributed by atoms with Crippen molar-refractivity contribution in [1.29, 1.82) is 0 Å². The van der Waals surface area contributed by atoms with Gasteiger partial charge < -0.3 is 11.1 Å². The lowest BCUT2D eigenvalue weighted by Crippen LogP contribution is -2.53. The summed E-state index contributed by atoms with van der Waals surface area (Å²) < 4.78 is 0. The van der Waals surface area contributed by atoms with Crippen molar-refractivity contribution < 1.29 is 4.79 Å². The van der Waals surface area contributed by atoms with Gasteiger partial charge in [-0.2, -0.15) is 0 Å². The maximum atomic E-state index is 12.4. The Morgan fingerprint density at radius 1 is 1.32 bits per heavy atom. The largest absolute Gasteiger partial charge is 0.355 e. The van der Waals surface area contributed by atoms with Gasteiger partial charge in [-0.1, -0.05) is 26.7 Å². The number of hydrogen-bond donors (Lipinski definition) is 2. The number of amides is 1. The monoisotopic (exact) mass is 266 g/mol. The van der Waals surface area contributed by atoms with E-state index in [4.69, 9.17) is 5.73 Å². The summed E-state index contributed by atoms with van der Waals surface area (Å²) in [7, 11) is 0. The Morgan fingerprint density at radius 3 is 2.53 bits per heavy atom. The van der Waals surface area contributed by atoms with E-state index in [9.17, 15) is 4.79 Å². The lowest BCUT2D eigenvalue weighted by molar-refractivity contribution is -0.128. The van der Waals surface area contributed by atoms with Gasteiger partial charge in [0.05, 0.1) is 5.92 Å². The van der Waals surface area contributed by atoms with Crippen LogP contribution in [0.15, 0.2) is 0 Å². The van der Waals surface area contributed by atoms with E-state index in [0.29, 0.717) is 11.3 Å². The third-order valence-corrected chi connectivity index (χ3v) is 5.01. The average molecular weight is 266 g/mol. The zero-order valence-corrected chi connectivity index (χ0v) is 12.8. The Morgan fingerprint density at radius 2 is 2.00 bits per heavy atom. The van der Waals surface area contributed by atoms with Crippen molar-refractivity contribution >= 4 is 5.91 Å². The maximum absolute atomic E-state index is 12.4. The minimum Gasteiger partial charge on any atom is -0.355 e. The highest BCUT2D eigenvalue weighted by atomic mass is 16.1. The van der Waals surface area contributed by atoms with Crippen LogP contribution in [0.1, 0.15) is 65.7 Å². The topological polar surface area (TPSA) is 55.1 Å². The minimum absolute atomic E-state index is 0.0103. The zero-order chi connectivity index (χ0) is 14.1. The first-order valence-corrected chi connectivity index (χ1v) is 7.91. The van der Waals surface area contributed by atoms with Crippen molar-refractivity contribution in [3.05, 3.63) is 0 Å². The van der Waals surface area contributed by atoms with Crippen LogP contribution < -0.4 is 11.1 Å². The first-order chi connectivity index (χ1) is 8.85.